The minimum absolute atomic E-state index is 0.205. The van der Waals surface area contributed by atoms with Gasteiger partial charge in [-0.2, -0.15) is 4.98 Å². The number of nitrogens with zero attached hydrogens (tertiary/aromatic N) is 2. The molecule has 0 amide bonds. The fraction of sp³-hybridized carbons (Fsp3) is 0.0909. The van der Waals surface area contributed by atoms with Gasteiger partial charge in [0.25, 0.3) is 15.9 Å². The van der Waals surface area contributed by atoms with Gasteiger partial charge >= 0.3 is 0 Å². The van der Waals surface area contributed by atoms with E-state index in [9.17, 15) is 8.42 Å². The molecule has 4 rings (SSSR count). The van der Waals surface area contributed by atoms with Gasteiger partial charge in [0.15, 0.2) is 0 Å². The molecule has 0 saturated heterocycles. The number of anilines is 1. The summed E-state index contributed by atoms with van der Waals surface area (Å²) in [5.74, 6) is 1.36. The number of hydrogen-bond acceptors (Lipinski definition) is 6. The van der Waals surface area contributed by atoms with Gasteiger partial charge in [-0.1, -0.05) is 35.0 Å². The third-order valence-corrected chi connectivity index (χ3v) is 5.89. The maximum Gasteiger partial charge on any atom is 0.262 e. The van der Waals surface area contributed by atoms with Crippen LogP contribution in [0.5, 0.6) is 5.75 Å². The molecular weight excluding hydrogens is 402 g/mol. The molecule has 0 fully saturated rings. The highest BCUT2D eigenvalue weighted by molar-refractivity contribution is 7.92. The summed E-state index contributed by atoms with van der Waals surface area (Å²) in [6.07, 6.45) is 0. The first-order chi connectivity index (χ1) is 14.5. The van der Waals surface area contributed by atoms with Crippen LogP contribution in [0.25, 0.3) is 22.8 Å². The van der Waals surface area contributed by atoms with Crippen LogP contribution in [0.15, 0.2) is 82.2 Å². The zero-order valence-corrected chi connectivity index (χ0v) is 17.2. The number of methoxy groups -OCH3 is 1. The summed E-state index contributed by atoms with van der Waals surface area (Å²) in [5.41, 5.74) is 2.82. The van der Waals surface area contributed by atoms with Gasteiger partial charge in [-0.25, -0.2) is 8.42 Å². The van der Waals surface area contributed by atoms with E-state index in [0.717, 1.165) is 5.56 Å². The number of aromatic nitrogens is 2. The van der Waals surface area contributed by atoms with E-state index in [2.05, 4.69) is 14.9 Å². The third-order valence-electron chi connectivity index (χ3n) is 4.49. The van der Waals surface area contributed by atoms with Gasteiger partial charge in [0, 0.05) is 11.3 Å². The van der Waals surface area contributed by atoms with E-state index in [1.807, 2.05) is 31.2 Å². The summed E-state index contributed by atoms with van der Waals surface area (Å²) in [4.78, 5) is 4.63. The van der Waals surface area contributed by atoms with E-state index in [4.69, 9.17) is 9.26 Å². The Morgan fingerprint density at radius 3 is 2.33 bits per heavy atom. The van der Waals surface area contributed by atoms with Crippen molar-refractivity contribution in [3.05, 3.63) is 78.4 Å². The predicted molar refractivity (Wildman–Crippen MR) is 114 cm³/mol. The highest BCUT2D eigenvalue weighted by Gasteiger charge is 2.16. The van der Waals surface area contributed by atoms with Crippen LogP contribution in [0.4, 0.5) is 5.69 Å². The zero-order valence-electron chi connectivity index (χ0n) is 16.4. The fourth-order valence-corrected chi connectivity index (χ4v) is 3.95. The Morgan fingerprint density at radius 2 is 1.63 bits per heavy atom. The second kappa shape index (κ2) is 8.00. The molecule has 0 unspecified atom stereocenters. The molecule has 30 heavy (non-hydrogen) atoms. The predicted octanol–water partition coefficient (Wildman–Crippen LogP) is 4.52. The first-order valence-electron chi connectivity index (χ1n) is 9.13. The number of ether oxygens (including phenoxy) is 1. The molecule has 0 aliphatic rings. The van der Waals surface area contributed by atoms with E-state index >= 15 is 0 Å². The van der Waals surface area contributed by atoms with Crippen molar-refractivity contribution < 1.29 is 17.7 Å². The standard InChI is InChI=1S/C22H19N3O4S/c1-15-7-13-18(14-8-15)30(26,27)25-17-11-9-16(10-12-17)21-23-22(29-24-21)19-5-3-4-6-20(19)28-2/h3-14,25H,1-2H3. The SMILES string of the molecule is COc1ccccc1-c1nc(-c2ccc(NS(=O)(=O)c3ccc(C)cc3)cc2)no1. The Labute approximate surface area is 174 Å². The lowest BCUT2D eigenvalue weighted by molar-refractivity contribution is 0.405. The minimum atomic E-state index is -3.66. The number of rotatable bonds is 6. The number of aryl methyl sites for hydroxylation is 1. The molecule has 4 aromatic rings. The lowest BCUT2D eigenvalue weighted by Crippen LogP contribution is -2.12. The van der Waals surface area contributed by atoms with Gasteiger partial charge in [-0.05, 0) is 55.5 Å². The third kappa shape index (κ3) is 4.04. The normalized spacial score (nSPS) is 11.3. The van der Waals surface area contributed by atoms with Gasteiger partial charge in [0.05, 0.1) is 17.6 Å². The molecule has 7 nitrogen and oxygen atoms in total. The second-order valence-corrected chi connectivity index (χ2v) is 8.30. The Morgan fingerprint density at radius 1 is 0.933 bits per heavy atom. The largest absolute Gasteiger partial charge is 0.496 e. The van der Waals surface area contributed by atoms with E-state index < -0.39 is 10.0 Å². The number of para-hydroxylation sites is 1. The van der Waals surface area contributed by atoms with Crippen LogP contribution in [0.2, 0.25) is 0 Å². The molecule has 1 N–H and O–H groups in total. The van der Waals surface area contributed by atoms with Gasteiger partial charge in [-0.15, -0.1) is 0 Å². The highest BCUT2D eigenvalue weighted by atomic mass is 32.2. The second-order valence-electron chi connectivity index (χ2n) is 6.62. The molecule has 8 heteroatoms. The van der Waals surface area contributed by atoms with Crippen LogP contribution in [-0.4, -0.2) is 25.7 Å². The molecule has 1 aromatic heterocycles. The first-order valence-corrected chi connectivity index (χ1v) is 10.6. The minimum Gasteiger partial charge on any atom is -0.496 e. The summed E-state index contributed by atoms with van der Waals surface area (Å²) in [5, 5.41) is 4.02. The Kier molecular flexibility index (Phi) is 5.24. The van der Waals surface area contributed by atoms with Gasteiger partial charge in [0.2, 0.25) is 5.82 Å². The van der Waals surface area contributed by atoms with Crippen LogP contribution in [0, 0.1) is 6.92 Å². The molecule has 0 spiro atoms. The van der Waals surface area contributed by atoms with Gasteiger partial charge in [0.1, 0.15) is 5.75 Å². The van der Waals surface area contributed by atoms with Crippen LogP contribution >= 0.6 is 0 Å². The molecule has 0 radical (unpaired) electrons. The number of benzene rings is 3. The molecule has 0 aliphatic heterocycles. The summed E-state index contributed by atoms with van der Waals surface area (Å²) < 4.78 is 38.3. The maximum absolute atomic E-state index is 12.5. The molecule has 0 atom stereocenters. The van der Waals surface area contributed by atoms with Crippen molar-refractivity contribution in [2.45, 2.75) is 11.8 Å². The number of nitrogens with one attached hydrogen (secondary N) is 1. The number of hydrogen-bond donors (Lipinski definition) is 1. The Bertz CT molecular complexity index is 1260. The molecule has 0 saturated carbocycles. The Balaban J connectivity index is 1.54. The van der Waals surface area contributed by atoms with Gasteiger partial charge < -0.3 is 9.26 Å². The zero-order chi connectivity index (χ0) is 21.1. The molecular formula is C22H19N3O4S. The molecule has 1 heterocycles. The first kappa shape index (κ1) is 19.7. The van der Waals surface area contributed by atoms with Crippen molar-refractivity contribution in [3.63, 3.8) is 0 Å². The smallest absolute Gasteiger partial charge is 0.262 e. The Hall–Kier alpha value is -3.65. The molecule has 3 aromatic carbocycles. The average molecular weight is 421 g/mol. The van der Waals surface area contributed by atoms with Crippen LogP contribution < -0.4 is 9.46 Å². The monoisotopic (exact) mass is 421 g/mol. The van der Waals surface area contributed by atoms with Crippen LogP contribution in [-0.2, 0) is 10.0 Å². The van der Waals surface area contributed by atoms with Crippen molar-refractivity contribution in [1.82, 2.24) is 10.1 Å². The van der Waals surface area contributed by atoms with Crippen molar-refractivity contribution in [2.24, 2.45) is 0 Å². The fourth-order valence-electron chi connectivity index (χ4n) is 2.89. The molecule has 0 aliphatic carbocycles. The molecule has 152 valence electrons. The van der Waals surface area contributed by atoms with Crippen molar-refractivity contribution in [2.75, 3.05) is 11.8 Å². The number of sulfonamides is 1. The van der Waals surface area contributed by atoms with E-state index in [-0.39, 0.29) is 4.90 Å². The average Bonchev–Trinajstić information content (AvgIpc) is 3.24. The van der Waals surface area contributed by atoms with Crippen LogP contribution in [0.1, 0.15) is 5.56 Å². The molecule has 0 bridgehead atoms. The summed E-state index contributed by atoms with van der Waals surface area (Å²) in [7, 11) is -2.08. The van der Waals surface area contributed by atoms with E-state index in [1.165, 1.54) is 0 Å². The van der Waals surface area contributed by atoms with Gasteiger partial charge in [-0.3, -0.25) is 4.72 Å². The van der Waals surface area contributed by atoms with Crippen molar-refractivity contribution in [1.29, 1.82) is 0 Å². The van der Waals surface area contributed by atoms with Crippen molar-refractivity contribution in [3.8, 4) is 28.6 Å². The highest BCUT2D eigenvalue weighted by Crippen LogP contribution is 2.30. The lowest BCUT2D eigenvalue weighted by Gasteiger charge is -2.08. The topological polar surface area (TPSA) is 94.3 Å². The van der Waals surface area contributed by atoms with E-state index in [1.54, 1.807) is 55.6 Å². The maximum atomic E-state index is 12.5. The lowest BCUT2D eigenvalue weighted by atomic mass is 10.2. The quantitative estimate of drug-likeness (QED) is 0.492. The van der Waals surface area contributed by atoms with E-state index in [0.29, 0.717) is 34.3 Å². The van der Waals surface area contributed by atoms with Crippen molar-refractivity contribution >= 4 is 15.7 Å². The summed E-state index contributed by atoms with van der Waals surface area (Å²) in [6, 6.07) is 20.8. The van der Waals surface area contributed by atoms with Crippen LogP contribution in [0.3, 0.4) is 0 Å². The summed E-state index contributed by atoms with van der Waals surface area (Å²) in [6.45, 7) is 1.90. The summed E-state index contributed by atoms with van der Waals surface area (Å²) >= 11 is 0.